The summed E-state index contributed by atoms with van der Waals surface area (Å²) in [6.45, 7) is 4.13. The van der Waals surface area contributed by atoms with E-state index < -0.39 is 0 Å². The van der Waals surface area contributed by atoms with Gasteiger partial charge in [0, 0.05) is 23.1 Å². The Morgan fingerprint density at radius 2 is 1.95 bits per heavy atom. The van der Waals surface area contributed by atoms with Gasteiger partial charge in [-0.2, -0.15) is 0 Å². The van der Waals surface area contributed by atoms with Gasteiger partial charge in [0.05, 0.1) is 7.11 Å². The Balaban J connectivity index is 1.89. The van der Waals surface area contributed by atoms with Crippen molar-refractivity contribution in [2.45, 2.75) is 24.9 Å². The fourth-order valence-corrected chi connectivity index (χ4v) is 3.64. The molecule has 1 aromatic carbocycles. The first-order valence-corrected chi connectivity index (χ1v) is 8.40. The highest BCUT2D eigenvalue weighted by Gasteiger charge is 2.29. The summed E-state index contributed by atoms with van der Waals surface area (Å²) in [6, 6.07) is 4.21. The number of benzene rings is 1. The molecule has 116 valence electrons. The standard InChI is InChI=1S/C16H23BrN2O2/c1-19-9-13(10-19)21-16-14(11-3-5-18-6-4-11)7-12(17)8-15(16)20-2/h7-8,11,13,18H,3-6,9-10H2,1-2H3. The lowest BCUT2D eigenvalue weighted by atomic mass is 9.89. The molecule has 2 aliphatic heterocycles. The van der Waals surface area contributed by atoms with Crippen LogP contribution in [0.1, 0.15) is 24.3 Å². The fraction of sp³-hybridized carbons (Fsp3) is 0.625. The molecule has 0 bridgehead atoms. The quantitative estimate of drug-likeness (QED) is 0.900. The summed E-state index contributed by atoms with van der Waals surface area (Å²) in [4.78, 5) is 2.26. The van der Waals surface area contributed by atoms with Crippen LogP contribution in [0.2, 0.25) is 0 Å². The number of rotatable bonds is 4. The highest BCUT2D eigenvalue weighted by molar-refractivity contribution is 9.10. The van der Waals surface area contributed by atoms with E-state index in [0.29, 0.717) is 5.92 Å². The molecular weight excluding hydrogens is 332 g/mol. The number of likely N-dealkylation sites (N-methyl/N-ethyl adjacent to an activating group) is 1. The van der Waals surface area contributed by atoms with Crippen LogP contribution in [0.4, 0.5) is 0 Å². The molecule has 3 rings (SSSR count). The van der Waals surface area contributed by atoms with Crippen molar-refractivity contribution in [2.75, 3.05) is 40.3 Å². The van der Waals surface area contributed by atoms with Gasteiger partial charge in [0.1, 0.15) is 6.10 Å². The van der Waals surface area contributed by atoms with E-state index in [1.807, 2.05) is 6.07 Å². The lowest BCUT2D eigenvalue weighted by molar-refractivity contribution is 0.0358. The summed E-state index contributed by atoms with van der Waals surface area (Å²) < 4.78 is 12.9. The highest BCUT2D eigenvalue weighted by atomic mass is 79.9. The van der Waals surface area contributed by atoms with Gasteiger partial charge in [0.2, 0.25) is 0 Å². The third kappa shape index (κ3) is 3.35. The Morgan fingerprint density at radius 1 is 1.24 bits per heavy atom. The van der Waals surface area contributed by atoms with E-state index in [4.69, 9.17) is 9.47 Å². The molecule has 0 aliphatic carbocycles. The normalized spacial score (nSPS) is 21.1. The van der Waals surface area contributed by atoms with Crippen molar-refractivity contribution in [1.82, 2.24) is 10.2 Å². The molecule has 0 amide bonds. The number of nitrogens with one attached hydrogen (secondary N) is 1. The van der Waals surface area contributed by atoms with Crippen LogP contribution in [0.3, 0.4) is 0 Å². The van der Waals surface area contributed by atoms with Crippen LogP contribution in [0.5, 0.6) is 11.5 Å². The third-order valence-corrected chi connectivity index (χ3v) is 4.82. The zero-order valence-electron chi connectivity index (χ0n) is 12.7. The molecule has 2 fully saturated rings. The highest BCUT2D eigenvalue weighted by Crippen LogP contribution is 2.42. The Bertz CT molecular complexity index is 497. The molecule has 2 aliphatic rings. The number of hydrogen-bond donors (Lipinski definition) is 1. The molecule has 0 spiro atoms. The van der Waals surface area contributed by atoms with E-state index in [-0.39, 0.29) is 6.10 Å². The van der Waals surface area contributed by atoms with E-state index in [2.05, 4.69) is 39.3 Å². The lowest BCUT2D eigenvalue weighted by Crippen LogP contribution is -2.51. The van der Waals surface area contributed by atoms with Crippen LogP contribution in [0.25, 0.3) is 0 Å². The zero-order chi connectivity index (χ0) is 14.8. The average molecular weight is 355 g/mol. The number of nitrogens with zero attached hydrogens (tertiary/aromatic N) is 1. The second-order valence-electron chi connectivity index (χ2n) is 6.01. The van der Waals surface area contributed by atoms with Crippen molar-refractivity contribution in [2.24, 2.45) is 0 Å². The molecule has 4 nitrogen and oxygen atoms in total. The Morgan fingerprint density at radius 3 is 2.57 bits per heavy atom. The molecule has 0 saturated carbocycles. The second kappa shape index (κ2) is 6.55. The molecule has 0 radical (unpaired) electrons. The van der Waals surface area contributed by atoms with Crippen molar-refractivity contribution in [1.29, 1.82) is 0 Å². The van der Waals surface area contributed by atoms with Crippen molar-refractivity contribution in [3.05, 3.63) is 22.2 Å². The molecular formula is C16H23BrN2O2. The second-order valence-corrected chi connectivity index (χ2v) is 6.93. The summed E-state index contributed by atoms with van der Waals surface area (Å²) in [5.74, 6) is 2.34. The van der Waals surface area contributed by atoms with Gasteiger partial charge in [0.15, 0.2) is 11.5 Å². The molecule has 1 aromatic rings. The topological polar surface area (TPSA) is 33.7 Å². The van der Waals surface area contributed by atoms with Crippen LogP contribution in [0, 0.1) is 0 Å². The van der Waals surface area contributed by atoms with Crippen molar-refractivity contribution in [3.63, 3.8) is 0 Å². The molecule has 2 saturated heterocycles. The maximum Gasteiger partial charge on any atom is 0.165 e. The van der Waals surface area contributed by atoms with Gasteiger partial charge in [-0.15, -0.1) is 0 Å². The van der Waals surface area contributed by atoms with E-state index >= 15 is 0 Å². The first kappa shape index (κ1) is 15.1. The molecule has 0 atom stereocenters. The number of halogens is 1. The third-order valence-electron chi connectivity index (χ3n) is 4.36. The maximum absolute atomic E-state index is 6.27. The van der Waals surface area contributed by atoms with Gasteiger partial charge in [-0.25, -0.2) is 0 Å². The predicted molar refractivity (Wildman–Crippen MR) is 87.5 cm³/mol. The van der Waals surface area contributed by atoms with E-state index in [9.17, 15) is 0 Å². The fourth-order valence-electron chi connectivity index (χ4n) is 3.19. The SMILES string of the molecule is COc1cc(Br)cc(C2CCNCC2)c1OC1CN(C)C1. The van der Waals surface area contributed by atoms with Crippen molar-refractivity contribution < 1.29 is 9.47 Å². The summed E-state index contributed by atoms with van der Waals surface area (Å²) in [7, 11) is 3.83. The van der Waals surface area contributed by atoms with Gasteiger partial charge in [-0.1, -0.05) is 15.9 Å². The maximum atomic E-state index is 6.27. The Kier molecular flexibility index (Phi) is 4.72. The van der Waals surface area contributed by atoms with Gasteiger partial charge in [-0.3, -0.25) is 4.90 Å². The van der Waals surface area contributed by atoms with Crippen LogP contribution in [-0.2, 0) is 0 Å². The van der Waals surface area contributed by atoms with E-state index in [0.717, 1.165) is 55.0 Å². The number of likely N-dealkylation sites (tertiary alicyclic amines) is 1. The lowest BCUT2D eigenvalue weighted by Gasteiger charge is -2.37. The minimum Gasteiger partial charge on any atom is -0.493 e. The number of piperidine rings is 1. The molecule has 0 aromatic heterocycles. The minimum absolute atomic E-state index is 0.283. The van der Waals surface area contributed by atoms with Crippen LogP contribution in [-0.4, -0.2) is 51.3 Å². The Hall–Kier alpha value is -0.780. The molecule has 0 unspecified atom stereocenters. The molecule has 21 heavy (non-hydrogen) atoms. The zero-order valence-corrected chi connectivity index (χ0v) is 14.3. The summed E-state index contributed by atoms with van der Waals surface area (Å²) in [6.07, 6.45) is 2.59. The van der Waals surface area contributed by atoms with Gasteiger partial charge in [-0.05, 0) is 51.0 Å². The van der Waals surface area contributed by atoms with E-state index in [1.54, 1.807) is 7.11 Å². The number of hydrogen-bond acceptors (Lipinski definition) is 4. The summed E-state index contributed by atoms with van der Waals surface area (Å²) in [5.41, 5.74) is 1.29. The van der Waals surface area contributed by atoms with Crippen molar-refractivity contribution in [3.8, 4) is 11.5 Å². The van der Waals surface area contributed by atoms with Gasteiger partial charge < -0.3 is 14.8 Å². The summed E-state index contributed by atoms with van der Waals surface area (Å²) >= 11 is 3.60. The van der Waals surface area contributed by atoms with Gasteiger partial charge >= 0.3 is 0 Å². The van der Waals surface area contributed by atoms with Crippen LogP contribution >= 0.6 is 15.9 Å². The van der Waals surface area contributed by atoms with Crippen LogP contribution < -0.4 is 14.8 Å². The average Bonchev–Trinajstić information content (AvgIpc) is 2.47. The van der Waals surface area contributed by atoms with Gasteiger partial charge in [0.25, 0.3) is 0 Å². The molecule has 5 heteroatoms. The number of methoxy groups -OCH3 is 1. The predicted octanol–water partition coefficient (Wildman–Crippen LogP) is 2.62. The Labute approximate surface area is 134 Å². The largest absolute Gasteiger partial charge is 0.493 e. The minimum atomic E-state index is 0.283. The smallest absolute Gasteiger partial charge is 0.165 e. The first-order chi connectivity index (χ1) is 10.2. The monoisotopic (exact) mass is 354 g/mol. The van der Waals surface area contributed by atoms with Crippen molar-refractivity contribution >= 4 is 15.9 Å². The van der Waals surface area contributed by atoms with Crippen LogP contribution in [0.15, 0.2) is 16.6 Å². The summed E-state index contributed by atoms with van der Waals surface area (Å²) in [5, 5.41) is 3.43. The molecule has 2 heterocycles. The molecule has 1 N–H and O–H groups in total. The number of ether oxygens (including phenoxy) is 2. The first-order valence-electron chi connectivity index (χ1n) is 7.60. The van der Waals surface area contributed by atoms with E-state index in [1.165, 1.54) is 5.56 Å².